The summed E-state index contributed by atoms with van der Waals surface area (Å²) in [5.74, 6) is 0. The minimum absolute atomic E-state index is 0. The Kier molecular flexibility index (Phi) is 20.3. The van der Waals surface area contributed by atoms with Gasteiger partial charge in [0.1, 0.15) is 0 Å². The van der Waals surface area contributed by atoms with Crippen LogP contribution in [0.15, 0.2) is 194 Å². The molecular weight excluding hydrogens is 853 g/mol. The Morgan fingerprint density at radius 1 is 0.328 bits per heavy atom. The van der Waals surface area contributed by atoms with Crippen molar-refractivity contribution in [1.82, 2.24) is 0 Å². The molecule has 2 unspecified atom stereocenters. The number of benzene rings is 6. The molecule has 0 aromatic heterocycles. The van der Waals surface area contributed by atoms with Crippen molar-refractivity contribution >= 4 is 81.5 Å². The second-order valence-corrected chi connectivity index (χ2v) is 16.7. The van der Waals surface area contributed by atoms with E-state index in [1.165, 1.54) is 86.6 Å². The van der Waals surface area contributed by atoms with Gasteiger partial charge in [0.2, 0.25) is 0 Å². The normalized spacial score (nSPS) is 10.4. The van der Waals surface area contributed by atoms with E-state index in [2.05, 4.69) is 222 Å². The fourth-order valence-corrected chi connectivity index (χ4v) is 9.25. The fourth-order valence-electron chi connectivity index (χ4n) is 6.79. The van der Waals surface area contributed by atoms with Crippen molar-refractivity contribution in [2.24, 2.45) is 0 Å². The van der Waals surface area contributed by atoms with Gasteiger partial charge in [0.25, 0.3) is 0 Å². The molecule has 0 saturated heterocycles. The Hall–Kier alpha value is -3.37. The third-order valence-corrected chi connectivity index (χ3v) is 12.4. The van der Waals surface area contributed by atoms with Crippen LogP contribution in [0.3, 0.4) is 0 Å². The average molecular weight is 900 g/mol. The van der Waals surface area contributed by atoms with Crippen molar-refractivity contribution in [3.63, 3.8) is 0 Å². The van der Waals surface area contributed by atoms with Gasteiger partial charge in [0.05, 0.1) is 0 Å². The minimum atomic E-state index is 0. The van der Waals surface area contributed by atoms with Crippen molar-refractivity contribution < 1.29 is 68.2 Å². The Labute approximate surface area is 390 Å². The fraction of sp³-hybridized carbons (Fsp3) is 0.0769. The number of aryl methyl sites for hydroxylation is 4. The summed E-state index contributed by atoms with van der Waals surface area (Å²) >= 11 is 0. The average Bonchev–Trinajstić information content (AvgIpc) is 3.97. The van der Waals surface area contributed by atoms with Crippen LogP contribution in [0.1, 0.15) is 22.3 Å². The summed E-state index contributed by atoms with van der Waals surface area (Å²) in [5, 5.41) is 16.5. The van der Waals surface area contributed by atoms with Gasteiger partial charge in [-0.2, -0.15) is 24.3 Å². The van der Waals surface area contributed by atoms with E-state index in [-0.39, 0.29) is 68.2 Å². The summed E-state index contributed by atoms with van der Waals surface area (Å²) in [4.78, 5) is 0. The van der Waals surface area contributed by atoms with Gasteiger partial charge in [-0.25, -0.2) is 0 Å². The molecule has 2 atom stereocenters. The zero-order chi connectivity index (χ0) is 37.3. The first-order valence-electron chi connectivity index (χ1n) is 18.6. The van der Waals surface area contributed by atoms with E-state index in [1.807, 2.05) is 0 Å². The molecule has 58 heavy (non-hydrogen) atoms. The van der Waals surface area contributed by atoms with Crippen LogP contribution in [0.25, 0.3) is 43.1 Å². The maximum atomic E-state index is 2.31. The van der Waals surface area contributed by atoms with Crippen molar-refractivity contribution in [3.8, 4) is 0 Å². The zero-order valence-electron chi connectivity index (χ0n) is 33.2. The monoisotopic (exact) mass is 898 g/mol. The van der Waals surface area contributed by atoms with Crippen molar-refractivity contribution in [2.75, 3.05) is 0 Å². The van der Waals surface area contributed by atoms with E-state index in [1.54, 1.807) is 0 Å². The first kappa shape index (κ1) is 49.0. The molecular formula is C52H46Cl2P2Ti2-2. The van der Waals surface area contributed by atoms with Crippen LogP contribution in [-0.2, 0) is 43.4 Å². The van der Waals surface area contributed by atoms with Crippen LogP contribution in [0.5, 0.6) is 0 Å². The second kappa shape index (κ2) is 24.0. The maximum Gasteiger partial charge on any atom is 2.00 e. The summed E-state index contributed by atoms with van der Waals surface area (Å²) in [6, 6.07) is 69.3. The maximum absolute atomic E-state index is 2.31. The Bertz CT molecular complexity index is 2430. The van der Waals surface area contributed by atoms with E-state index in [0.717, 1.165) is 17.2 Å². The van der Waals surface area contributed by atoms with Gasteiger partial charge in [0, 0.05) is 0 Å². The van der Waals surface area contributed by atoms with Crippen LogP contribution in [0.2, 0.25) is 0 Å². The molecule has 10 rings (SSSR count). The van der Waals surface area contributed by atoms with Gasteiger partial charge in [-0.3, -0.25) is 0 Å². The molecule has 0 radical (unpaired) electrons. The van der Waals surface area contributed by atoms with Crippen molar-refractivity contribution in [1.29, 1.82) is 0 Å². The molecule has 288 valence electrons. The van der Waals surface area contributed by atoms with E-state index in [4.69, 9.17) is 0 Å². The molecule has 10 aromatic carbocycles. The zero-order valence-corrected chi connectivity index (χ0v) is 39.9. The molecule has 0 spiro atoms. The summed E-state index contributed by atoms with van der Waals surface area (Å²) in [6.45, 7) is 8.62. The molecule has 0 heterocycles. The molecule has 0 fully saturated rings. The molecule has 0 bridgehead atoms. The first-order valence-corrected chi connectivity index (χ1v) is 20.6. The van der Waals surface area contributed by atoms with Gasteiger partial charge >= 0.3 is 43.4 Å². The molecule has 0 amide bonds. The summed E-state index contributed by atoms with van der Waals surface area (Å²) < 4.78 is 0. The molecule has 6 heteroatoms. The van der Waals surface area contributed by atoms with E-state index in [9.17, 15) is 0 Å². The van der Waals surface area contributed by atoms with Crippen LogP contribution >= 0.6 is 17.2 Å². The van der Waals surface area contributed by atoms with Crippen LogP contribution in [-0.4, -0.2) is 0 Å². The van der Waals surface area contributed by atoms with E-state index in [0.29, 0.717) is 0 Å². The topological polar surface area (TPSA) is 0 Å². The van der Waals surface area contributed by atoms with Gasteiger partial charge in [-0.05, 0) is 35.6 Å². The standard InChI is InChI=1S/2C16H14P.2C10H9.2ClH.2Ti/c2*1-12-6-2-5-9-16(12)17-15-10-13-7-3-4-8-14(13)11-15;2*1-8-6-9-4-2-3-5-10(9)7-8;;;;/h2*2-11,17H,1H3;2*2-7H,1H3;2*1H;;/q4*-1;;;2*+2/p-2. The Morgan fingerprint density at radius 3 is 0.914 bits per heavy atom. The third-order valence-electron chi connectivity index (χ3n) is 9.61. The molecule has 0 aliphatic rings. The number of rotatable bonds is 4. The molecule has 10 aromatic rings. The Balaban J connectivity index is 0.000000208. The number of hydrogen-bond acceptors (Lipinski definition) is 0. The minimum Gasteiger partial charge on any atom is -1.00 e. The molecule has 0 N–H and O–H groups in total. The summed E-state index contributed by atoms with van der Waals surface area (Å²) in [7, 11) is 1.52. The Morgan fingerprint density at radius 2 is 0.603 bits per heavy atom. The summed E-state index contributed by atoms with van der Waals surface area (Å²) in [5.41, 5.74) is 5.47. The third kappa shape index (κ3) is 13.3. The molecule has 0 nitrogen and oxygen atoms in total. The van der Waals surface area contributed by atoms with Gasteiger partial charge in [-0.1, -0.05) is 104 Å². The van der Waals surface area contributed by atoms with Gasteiger partial charge in [0.15, 0.2) is 0 Å². The number of hydrogen-bond donors (Lipinski definition) is 0. The van der Waals surface area contributed by atoms with Crippen molar-refractivity contribution in [2.45, 2.75) is 27.7 Å². The largest absolute Gasteiger partial charge is 2.00 e. The quantitative estimate of drug-likeness (QED) is 0.105. The smallest absolute Gasteiger partial charge is 1.00 e. The van der Waals surface area contributed by atoms with Gasteiger partial charge < -0.3 is 24.8 Å². The predicted molar refractivity (Wildman–Crippen MR) is 245 cm³/mol. The summed E-state index contributed by atoms with van der Waals surface area (Å²) in [6.07, 6.45) is 0. The number of fused-ring (bicyclic) bond motifs is 4. The van der Waals surface area contributed by atoms with Crippen molar-refractivity contribution in [3.05, 3.63) is 216 Å². The first-order chi connectivity index (χ1) is 26.4. The number of halogens is 2. The second-order valence-electron chi connectivity index (χ2n) is 13.9. The molecule has 0 saturated carbocycles. The van der Waals surface area contributed by atoms with Crippen LogP contribution in [0, 0.1) is 27.7 Å². The predicted octanol–water partition coefficient (Wildman–Crippen LogP) is 6.73. The molecule has 0 aliphatic heterocycles. The SMILES string of the molecule is Cc1cc2ccccc2[cH-]1.Cc1cc2ccccc2[cH-]1.Cc1ccccc1Pc1cc2ccccc2[cH-]1.Cc1ccccc1Pc1cc2ccccc2[cH-]1.[Cl-].[Cl-].[Ti+2].[Ti+2]. The van der Waals surface area contributed by atoms with Crippen LogP contribution in [0.4, 0.5) is 0 Å². The van der Waals surface area contributed by atoms with E-state index >= 15 is 0 Å². The van der Waals surface area contributed by atoms with Crippen LogP contribution < -0.4 is 46.0 Å². The van der Waals surface area contributed by atoms with Gasteiger partial charge in [-0.15, -0.1) is 162 Å². The van der Waals surface area contributed by atoms with E-state index < -0.39 is 0 Å². The molecule has 0 aliphatic carbocycles.